The van der Waals surface area contributed by atoms with Gasteiger partial charge in [-0.05, 0) is 31.2 Å². The fourth-order valence-corrected chi connectivity index (χ4v) is 2.65. The highest BCUT2D eigenvalue weighted by Crippen LogP contribution is 2.22. The number of anilines is 1. The first kappa shape index (κ1) is 14.9. The molecular weight excluding hydrogens is 300 g/mol. The van der Waals surface area contributed by atoms with E-state index in [1.54, 1.807) is 6.07 Å². The third-order valence-electron chi connectivity index (χ3n) is 3.69. The molecule has 1 atom stereocenters. The number of para-hydroxylation sites is 1. The second-order valence-corrected chi connectivity index (χ2v) is 5.73. The van der Waals surface area contributed by atoms with Gasteiger partial charge >= 0.3 is 0 Å². The quantitative estimate of drug-likeness (QED) is 0.512. The number of hydrogen-bond acceptors (Lipinski definition) is 3. The summed E-state index contributed by atoms with van der Waals surface area (Å²) in [6, 6.07) is 11.3. The normalized spacial score (nSPS) is 12.7. The molecule has 114 valence electrons. The van der Waals surface area contributed by atoms with Gasteiger partial charge in [0, 0.05) is 22.8 Å². The van der Waals surface area contributed by atoms with Crippen LogP contribution >= 0.6 is 11.6 Å². The van der Waals surface area contributed by atoms with Crippen LogP contribution in [0, 0.1) is 6.92 Å². The summed E-state index contributed by atoms with van der Waals surface area (Å²) in [6.45, 7) is 2.30. The van der Waals surface area contributed by atoms with E-state index >= 15 is 0 Å². The van der Waals surface area contributed by atoms with Crippen LogP contribution in [-0.2, 0) is 0 Å². The van der Waals surface area contributed by atoms with E-state index in [4.69, 9.17) is 11.6 Å². The van der Waals surface area contributed by atoms with Gasteiger partial charge in [0.2, 0.25) is 0 Å². The topological polar surface area (TPSA) is 65.1 Å². The summed E-state index contributed by atoms with van der Waals surface area (Å²) in [4.78, 5) is 16.0. The number of rotatable bonds is 4. The lowest BCUT2D eigenvalue weighted by Crippen LogP contribution is -2.21. The van der Waals surface area contributed by atoms with Crippen molar-refractivity contribution in [2.75, 3.05) is 17.7 Å². The van der Waals surface area contributed by atoms with Gasteiger partial charge in [-0.3, -0.25) is 4.79 Å². The number of pyridine rings is 1. The molecule has 2 aromatic carbocycles. The molecular formula is C17H17ClN2O2. The molecule has 0 saturated heterocycles. The SMILES string of the molecule is Cc1ccc2[nH]c3c(NCC(O)CCl)cccc3c(=O)c2c1. The van der Waals surface area contributed by atoms with Gasteiger partial charge < -0.3 is 15.4 Å². The Morgan fingerprint density at radius 1 is 1.27 bits per heavy atom. The van der Waals surface area contributed by atoms with Gasteiger partial charge in [0.15, 0.2) is 5.43 Å². The monoisotopic (exact) mass is 316 g/mol. The molecule has 3 aromatic rings. The Bertz CT molecular complexity index is 889. The average molecular weight is 317 g/mol. The van der Waals surface area contributed by atoms with Crippen molar-refractivity contribution in [1.29, 1.82) is 0 Å². The number of benzene rings is 2. The molecule has 4 nitrogen and oxygen atoms in total. The minimum atomic E-state index is -0.633. The molecule has 1 heterocycles. The van der Waals surface area contributed by atoms with Gasteiger partial charge in [-0.15, -0.1) is 11.6 Å². The zero-order valence-corrected chi connectivity index (χ0v) is 12.9. The maximum Gasteiger partial charge on any atom is 0.197 e. The molecule has 0 aliphatic rings. The number of fused-ring (bicyclic) bond motifs is 2. The van der Waals surface area contributed by atoms with Crippen molar-refractivity contribution >= 4 is 39.1 Å². The van der Waals surface area contributed by atoms with Crippen LogP contribution in [0.1, 0.15) is 5.56 Å². The highest BCUT2D eigenvalue weighted by atomic mass is 35.5. The van der Waals surface area contributed by atoms with Crippen LogP contribution in [0.2, 0.25) is 0 Å². The van der Waals surface area contributed by atoms with E-state index in [1.807, 2.05) is 37.3 Å². The predicted octanol–water partition coefficient (Wildman–Crippen LogP) is 3.00. The summed E-state index contributed by atoms with van der Waals surface area (Å²) >= 11 is 5.61. The maximum atomic E-state index is 12.7. The number of aliphatic hydroxyl groups excluding tert-OH is 1. The number of aliphatic hydroxyl groups is 1. The first-order chi connectivity index (χ1) is 10.6. The van der Waals surface area contributed by atoms with Crippen LogP contribution in [0.4, 0.5) is 5.69 Å². The summed E-state index contributed by atoms with van der Waals surface area (Å²) in [6.07, 6.45) is -0.633. The molecule has 0 bridgehead atoms. The Morgan fingerprint density at radius 2 is 2.09 bits per heavy atom. The maximum absolute atomic E-state index is 12.7. The van der Waals surface area contributed by atoms with Crippen molar-refractivity contribution in [3.05, 3.63) is 52.2 Å². The fraction of sp³-hybridized carbons (Fsp3) is 0.235. The van der Waals surface area contributed by atoms with Crippen molar-refractivity contribution in [2.45, 2.75) is 13.0 Å². The second-order valence-electron chi connectivity index (χ2n) is 5.42. The molecule has 0 fully saturated rings. The summed E-state index contributed by atoms with van der Waals surface area (Å²) in [7, 11) is 0. The molecule has 0 aliphatic heterocycles. The van der Waals surface area contributed by atoms with Gasteiger partial charge in [0.1, 0.15) is 0 Å². The summed E-state index contributed by atoms with van der Waals surface area (Å²) in [5, 5.41) is 14.0. The third-order valence-corrected chi connectivity index (χ3v) is 4.05. The average Bonchev–Trinajstić information content (AvgIpc) is 2.53. The number of hydrogen-bond donors (Lipinski definition) is 3. The number of aromatic nitrogens is 1. The predicted molar refractivity (Wildman–Crippen MR) is 92.0 cm³/mol. The van der Waals surface area contributed by atoms with Crippen LogP contribution in [0.5, 0.6) is 0 Å². The first-order valence-corrected chi connectivity index (χ1v) is 7.67. The number of H-pyrrole nitrogens is 1. The Hall–Kier alpha value is -2.04. The number of aryl methyl sites for hydroxylation is 1. The Kier molecular flexibility index (Phi) is 4.05. The zero-order chi connectivity index (χ0) is 15.7. The Morgan fingerprint density at radius 3 is 2.86 bits per heavy atom. The summed E-state index contributed by atoms with van der Waals surface area (Å²) < 4.78 is 0. The van der Waals surface area contributed by atoms with Crippen LogP contribution < -0.4 is 10.7 Å². The van der Waals surface area contributed by atoms with Gasteiger partial charge in [-0.1, -0.05) is 17.7 Å². The highest BCUT2D eigenvalue weighted by molar-refractivity contribution is 6.18. The summed E-state index contributed by atoms with van der Waals surface area (Å²) in [5.41, 5.74) is 3.38. The van der Waals surface area contributed by atoms with E-state index < -0.39 is 6.10 Å². The lowest BCUT2D eigenvalue weighted by Gasteiger charge is -2.13. The lowest BCUT2D eigenvalue weighted by molar-refractivity contribution is 0.211. The van der Waals surface area contributed by atoms with Gasteiger partial charge in [-0.25, -0.2) is 0 Å². The van der Waals surface area contributed by atoms with Crippen molar-refractivity contribution in [3.63, 3.8) is 0 Å². The van der Waals surface area contributed by atoms with E-state index in [0.717, 1.165) is 22.3 Å². The molecule has 22 heavy (non-hydrogen) atoms. The van der Waals surface area contributed by atoms with Gasteiger partial charge in [-0.2, -0.15) is 0 Å². The number of nitrogens with one attached hydrogen (secondary N) is 2. The Balaban J connectivity index is 2.18. The molecule has 5 heteroatoms. The highest BCUT2D eigenvalue weighted by Gasteiger charge is 2.09. The van der Waals surface area contributed by atoms with Crippen LogP contribution in [-0.4, -0.2) is 28.6 Å². The van der Waals surface area contributed by atoms with Crippen LogP contribution in [0.3, 0.4) is 0 Å². The van der Waals surface area contributed by atoms with Crippen LogP contribution in [0.15, 0.2) is 41.2 Å². The van der Waals surface area contributed by atoms with Crippen molar-refractivity contribution in [3.8, 4) is 0 Å². The molecule has 0 radical (unpaired) electrons. The molecule has 3 rings (SSSR count). The Labute approximate surface area is 132 Å². The fourth-order valence-electron chi connectivity index (χ4n) is 2.54. The molecule has 1 aromatic heterocycles. The second kappa shape index (κ2) is 5.99. The van der Waals surface area contributed by atoms with E-state index in [1.165, 1.54) is 0 Å². The van der Waals surface area contributed by atoms with Gasteiger partial charge in [0.25, 0.3) is 0 Å². The van der Waals surface area contributed by atoms with Crippen molar-refractivity contribution in [1.82, 2.24) is 4.98 Å². The zero-order valence-electron chi connectivity index (χ0n) is 12.2. The smallest absolute Gasteiger partial charge is 0.197 e. The van der Waals surface area contributed by atoms with E-state index in [9.17, 15) is 9.90 Å². The number of halogens is 1. The molecule has 0 spiro atoms. The number of alkyl halides is 1. The molecule has 0 amide bonds. The van der Waals surface area contributed by atoms with Crippen molar-refractivity contribution in [2.24, 2.45) is 0 Å². The molecule has 1 unspecified atom stereocenters. The van der Waals surface area contributed by atoms with E-state index in [2.05, 4.69) is 10.3 Å². The van der Waals surface area contributed by atoms with E-state index in [-0.39, 0.29) is 11.3 Å². The van der Waals surface area contributed by atoms with Crippen LogP contribution in [0.25, 0.3) is 21.8 Å². The standard InChI is InChI=1S/C17H17ClN2O2/c1-10-5-6-14-13(7-10)17(22)12-3-2-4-15(16(12)20-14)19-9-11(21)8-18/h2-7,11,19,21H,8-9H2,1H3,(H,20,22). The molecule has 0 saturated carbocycles. The molecule has 3 N–H and O–H groups in total. The minimum absolute atomic E-state index is 0.00833. The van der Waals surface area contributed by atoms with E-state index in [0.29, 0.717) is 17.3 Å². The number of aromatic amines is 1. The summed E-state index contributed by atoms with van der Waals surface area (Å²) in [5.74, 6) is 0.163. The van der Waals surface area contributed by atoms with Gasteiger partial charge in [0.05, 0.1) is 23.2 Å². The third kappa shape index (κ3) is 2.67. The largest absolute Gasteiger partial charge is 0.390 e. The molecule has 0 aliphatic carbocycles. The minimum Gasteiger partial charge on any atom is -0.390 e. The first-order valence-electron chi connectivity index (χ1n) is 7.13. The lowest BCUT2D eigenvalue weighted by atomic mass is 10.1. The van der Waals surface area contributed by atoms with Crippen molar-refractivity contribution < 1.29 is 5.11 Å².